The van der Waals surface area contributed by atoms with Crippen LogP contribution in [0.5, 0.6) is 0 Å². The van der Waals surface area contributed by atoms with Crippen molar-refractivity contribution in [1.29, 1.82) is 0 Å². The molecule has 2 aliphatic rings. The predicted molar refractivity (Wildman–Crippen MR) is 77.1 cm³/mol. The van der Waals surface area contributed by atoms with Crippen LogP contribution in [0.4, 0.5) is 4.39 Å². The first-order valence-electron chi connectivity index (χ1n) is 6.78. The molecule has 1 amide bonds. The van der Waals surface area contributed by atoms with E-state index in [2.05, 4.69) is 10.6 Å². The van der Waals surface area contributed by atoms with E-state index in [9.17, 15) is 9.18 Å². The molecule has 0 spiro atoms. The quantitative estimate of drug-likeness (QED) is 0.829. The molecular weight excluding hydrogens is 257 g/mol. The van der Waals surface area contributed by atoms with Crippen LogP contribution in [0.2, 0.25) is 0 Å². The van der Waals surface area contributed by atoms with Gasteiger partial charge in [0.25, 0.3) is 5.91 Å². The highest BCUT2D eigenvalue weighted by atomic mass is 19.1. The Morgan fingerprint density at radius 1 is 1.55 bits per heavy atom. The van der Waals surface area contributed by atoms with Crippen molar-refractivity contribution in [2.24, 2.45) is 0 Å². The number of halogens is 1. The van der Waals surface area contributed by atoms with Gasteiger partial charge in [0.1, 0.15) is 11.6 Å². The van der Waals surface area contributed by atoms with Gasteiger partial charge in [-0.1, -0.05) is 18.6 Å². The molecule has 0 saturated carbocycles. The Bertz CT molecular complexity index is 543. The molecule has 0 aromatic rings. The summed E-state index contributed by atoms with van der Waals surface area (Å²) in [6, 6.07) is 0. The maximum Gasteiger partial charge on any atom is 0.261 e. The summed E-state index contributed by atoms with van der Waals surface area (Å²) in [5.41, 5.74) is 1.74. The first-order chi connectivity index (χ1) is 9.58. The summed E-state index contributed by atoms with van der Waals surface area (Å²) in [6.07, 6.45) is 6.71. The average molecular weight is 277 g/mol. The predicted octanol–water partition coefficient (Wildman–Crippen LogP) is 1.96. The fourth-order valence-corrected chi connectivity index (χ4v) is 2.32. The van der Waals surface area contributed by atoms with Crippen LogP contribution in [-0.2, 0) is 4.79 Å². The van der Waals surface area contributed by atoms with Crippen LogP contribution < -0.4 is 10.6 Å². The highest BCUT2D eigenvalue weighted by Gasteiger charge is 2.31. The van der Waals surface area contributed by atoms with E-state index >= 15 is 0 Å². The molecule has 20 heavy (non-hydrogen) atoms. The number of carbonyl (C=O) groups excluding carboxylic acids is 1. The standard InChI is InChI=1S/C15H20FN3O/c1-4-10-5-6-12-14(11(16)9-10)15(20)18-13(19(12)3)7-8-17-2/h6-7,9,17H,4-5,8H2,1-3H3,(H,18,20)/b13-7-. The lowest BCUT2D eigenvalue weighted by molar-refractivity contribution is -0.117. The van der Waals surface area contributed by atoms with Gasteiger partial charge >= 0.3 is 0 Å². The molecule has 1 saturated heterocycles. The smallest absolute Gasteiger partial charge is 0.261 e. The van der Waals surface area contributed by atoms with Crippen LogP contribution in [0.25, 0.3) is 0 Å². The number of allylic oxidation sites excluding steroid dienone is 4. The maximum atomic E-state index is 14.3. The Hall–Kier alpha value is -1.88. The monoisotopic (exact) mass is 277 g/mol. The number of carbonyl (C=O) groups is 1. The van der Waals surface area contributed by atoms with E-state index in [0.29, 0.717) is 24.5 Å². The van der Waals surface area contributed by atoms with Crippen LogP contribution in [0.1, 0.15) is 19.8 Å². The fraction of sp³-hybridized carbons (Fsp3) is 0.400. The average Bonchev–Trinajstić information content (AvgIpc) is 2.60. The molecule has 1 fully saturated rings. The summed E-state index contributed by atoms with van der Waals surface area (Å²) in [5.74, 6) is -0.169. The molecule has 2 N–H and O–H groups in total. The van der Waals surface area contributed by atoms with Gasteiger partial charge in [-0.05, 0) is 32.0 Å². The lowest BCUT2D eigenvalue weighted by Crippen LogP contribution is -2.42. The van der Waals surface area contributed by atoms with Crippen LogP contribution in [0.3, 0.4) is 0 Å². The molecular formula is C15H20FN3O. The summed E-state index contributed by atoms with van der Waals surface area (Å²) in [7, 11) is 3.66. The Kier molecular flexibility index (Phi) is 4.39. The van der Waals surface area contributed by atoms with E-state index in [1.807, 2.05) is 38.1 Å². The van der Waals surface area contributed by atoms with E-state index in [1.54, 1.807) is 0 Å². The molecule has 2 rings (SSSR count). The van der Waals surface area contributed by atoms with Crippen LogP contribution in [-0.4, -0.2) is 31.4 Å². The number of nitrogens with one attached hydrogen (secondary N) is 2. The van der Waals surface area contributed by atoms with E-state index < -0.39 is 5.83 Å². The van der Waals surface area contributed by atoms with Crippen molar-refractivity contribution in [2.45, 2.75) is 19.8 Å². The SMILES string of the molecule is CCC1=CC(F)=C2C(=O)N/C(=C/CNC)N(C)C2=CC1. The van der Waals surface area contributed by atoms with E-state index in [-0.39, 0.29) is 11.5 Å². The number of nitrogens with zero attached hydrogens (tertiary/aromatic N) is 1. The Morgan fingerprint density at radius 3 is 2.95 bits per heavy atom. The highest BCUT2D eigenvalue weighted by molar-refractivity contribution is 6.01. The number of rotatable bonds is 3. The minimum atomic E-state index is -0.456. The van der Waals surface area contributed by atoms with Crippen LogP contribution in [0.15, 0.2) is 46.7 Å². The Balaban J connectivity index is 2.43. The summed E-state index contributed by atoms with van der Waals surface area (Å²) in [6.45, 7) is 2.62. The summed E-state index contributed by atoms with van der Waals surface area (Å²) in [5, 5.41) is 5.72. The van der Waals surface area contributed by atoms with Crippen molar-refractivity contribution in [3.8, 4) is 0 Å². The van der Waals surface area contributed by atoms with Crippen molar-refractivity contribution in [2.75, 3.05) is 20.6 Å². The summed E-state index contributed by atoms with van der Waals surface area (Å²) < 4.78 is 14.3. The molecule has 0 atom stereocenters. The first-order valence-corrected chi connectivity index (χ1v) is 6.78. The largest absolute Gasteiger partial charge is 0.331 e. The highest BCUT2D eigenvalue weighted by Crippen LogP contribution is 2.31. The van der Waals surface area contributed by atoms with E-state index in [0.717, 1.165) is 12.0 Å². The van der Waals surface area contributed by atoms with Crippen molar-refractivity contribution in [3.63, 3.8) is 0 Å². The number of hydrogen-bond acceptors (Lipinski definition) is 3. The van der Waals surface area contributed by atoms with Gasteiger partial charge in [0.2, 0.25) is 0 Å². The maximum absolute atomic E-state index is 14.3. The topological polar surface area (TPSA) is 44.4 Å². The minimum Gasteiger partial charge on any atom is -0.331 e. The van der Waals surface area contributed by atoms with Crippen molar-refractivity contribution in [3.05, 3.63) is 46.7 Å². The number of fused-ring (bicyclic) bond motifs is 1. The van der Waals surface area contributed by atoms with Crippen molar-refractivity contribution in [1.82, 2.24) is 15.5 Å². The molecule has 4 nitrogen and oxygen atoms in total. The van der Waals surface area contributed by atoms with Gasteiger partial charge < -0.3 is 15.5 Å². The van der Waals surface area contributed by atoms with Gasteiger partial charge in [-0.25, -0.2) is 4.39 Å². The van der Waals surface area contributed by atoms with Gasteiger partial charge in [0, 0.05) is 13.6 Å². The lowest BCUT2D eigenvalue weighted by Gasteiger charge is -2.32. The second kappa shape index (κ2) is 6.05. The van der Waals surface area contributed by atoms with Crippen LogP contribution >= 0.6 is 0 Å². The molecule has 1 heterocycles. The number of likely N-dealkylation sites (N-methyl/N-ethyl adjacent to an activating group) is 2. The second-order valence-electron chi connectivity index (χ2n) is 4.83. The minimum absolute atomic E-state index is 0.123. The van der Waals surface area contributed by atoms with E-state index in [4.69, 9.17) is 0 Å². The molecule has 1 aliphatic carbocycles. The molecule has 0 bridgehead atoms. The first kappa shape index (κ1) is 14.5. The van der Waals surface area contributed by atoms with Gasteiger partial charge in [-0.15, -0.1) is 0 Å². The molecule has 0 radical (unpaired) electrons. The van der Waals surface area contributed by atoms with E-state index in [1.165, 1.54) is 6.08 Å². The van der Waals surface area contributed by atoms with Gasteiger partial charge in [0.05, 0.1) is 11.3 Å². The normalized spacial score (nSPS) is 21.3. The molecule has 1 aliphatic heterocycles. The second-order valence-corrected chi connectivity index (χ2v) is 4.83. The third-order valence-electron chi connectivity index (χ3n) is 3.53. The third kappa shape index (κ3) is 2.67. The Morgan fingerprint density at radius 2 is 2.30 bits per heavy atom. The summed E-state index contributed by atoms with van der Waals surface area (Å²) in [4.78, 5) is 14.0. The molecule has 0 aromatic heterocycles. The molecule has 0 aromatic carbocycles. The van der Waals surface area contributed by atoms with Gasteiger partial charge in [-0.3, -0.25) is 4.79 Å². The van der Waals surface area contributed by atoms with Crippen LogP contribution in [0, 0.1) is 0 Å². The zero-order valence-corrected chi connectivity index (χ0v) is 12.1. The number of hydrogen-bond donors (Lipinski definition) is 2. The van der Waals surface area contributed by atoms with Crippen molar-refractivity contribution < 1.29 is 9.18 Å². The zero-order valence-electron chi connectivity index (χ0n) is 12.1. The molecule has 5 heteroatoms. The molecule has 0 unspecified atom stereocenters. The lowest BCUT2D eigenvalue weighted by atomic mass is 10.1. The summed E-state index contributed by atoms with van der Waals surface area (Å²) >= 11 is 0. The van der Waals surface area contributed by atoms with Gasteiger partial charge in [-0.2, -0.15) is 0 Å². The van der Waals surface area contributed by atoms with Gasteiger partial charge in [0.15, 0.2) is 0 Å². The third-order valence-corrected chi connectivity index (χ3v) is 3.53. The Labute approximate surface area is 118 Å². The number of amides is 1. The fourth-order valence-electron chi connectivity index (χ4n) is 2.32. The van der Waals surface area contributed by atoms with Crippen molar-refractivity contribution >= 4 is 5.91 Å². The molecule has 108 valence electrons. The zero-order chi connectivity index (χ0) is 14.7.